The van der Waals surface area contributed by atoms with E-state index in [-0.39, 0.29) is 11.8 Å². The number of benzene rings is 1. The number of hydrogen-bond acceptors (Lipinski definition) is 6. The minimum absolute atomic E-state index is 0.0223. The summed E-state index contributed by atoms with van der Waals surface area (Å²) in [7, 11) is 1.60. The highest BCUT2D eigenvalue weighted by Gasteiger charge is 2.29. The van der Waals surface area contributed by atoms with E-state index in [0.717, 1.165) is 29.7 Å². The number of para-hydroxylation sites is 1. The second-order valence-corrected chi connectivity index (χ2v) is 8.41. The van der Waals surface area contributed by atoms with Gasteiger partial charge in [0.15, 0.2) is 0 Å². The molecule has 1 aliphatic carbocycles. The highest BCUT2D eigenvalue weighted by atomic mass is 16.5. The molecule has 0 bridgehead atoms. The summed E-state index contributed by atoms with van der Waals surface area (Å²) < 4.78 is 5.39. The monoisotopic (exact) mass is 429 g/mol. The van der Waals surface area contributed by atoms with Crippen molar-refractivity contribution in [1.29, 1.82) is 0 Å². The Hall–Kier alpha value is -3.48. The summed E-state index contributed by atoms with van der Waals surface area (Å²) in [5.74, 6) is 1.61. The average Bonchev–Trinajstić information content (AvgIpc) is 3.68. The first kappa shape index (κ1) is 20.4. The smallest absolute Gasteiger partial charge is 0.257 e. The van der Waals surface area contributed by atoms with Crippen molar-refractivity contribution in [2.75, 3.05) is 25.5 Å². The molecule has 2 aliphatic rings. The number of methoxy groups -OCH3 is 1. The average molecular weight is 430 g/mol. The minimum atomic E-state index is 0.0223. The van der Waals surface area contributed by atoms with Gasteiger partial charge in [0.2, 0.25) is 5.95 Å². The summed E-state index contributed by atoms with van der Waals surface area (Å²) in [6.07, 6.45) is 9.59. The number of carbonyl (C=O) groups excluding carboxylic acids is 1. The Morgan fingerprint density at radius 1 is 1.06 bits per heavy atom. The highest BCUT2D eigenvalue weighted by molar-refractivity contribution is 5.97. The van der Waals surface area contributed by atoms with Crippen molar-refractivity contribution in [2.45, 2.75) is 37.6 Å². The lowest BCUT2D eigenvalue weighted by Gasteiger charge is -2.33. The number of rotatable bonds is 6. The molecule has 1 N–H and O–H groups in total. The molecule has 1 aromatic carbocycles. The zero-order valence-corrected chi connectivity index (χ0v) is 18.2. The Balaban J connectivity index is 1.37. The van der Waals surface area contributed by atoms with Crippen LogP contribution in [0.2, 0.25) is 0 Å². The lowest BCUT2D eigenvalue weighted by atomic mass is 9.89. The Bertz CT molecular complexity index is 1090. The van der Waals surface area contributed by atoms with Crippen molar-refractivity contribution < 1.29 is 9.53 Å². The van der Waals surface area contributed by atoms with E-state index in [1.54, 1.807) is 19.5 Å². The topological polar surface area (TPSA) is 80.2 Å². The maximum atomic E-state index is 13.1. The minimum Gasteiger partial charge on any atom is -0.496 e. The van der Waals surface area contributed by atoms with E-state index in [9.17, 15) is 4.79 Å². The summed E-state index contributed by atoms with van der Waals surface area (Å²) >= 11 is 0. The quantitative estimate of drug-likeness (QED) is 0.634. The first-order valence-corrected chi connectivity index (χ1v) is 11.2. The summed E-state index contributed by atoms with van der Waals surface area (Å²) in [6.45, 7) is 1.37. The lowest BCUT2D eigenvalue weighted by Crippen LogP contribution is -2.38. The molecule has 2 fully saturated rings. The summed E-state index contributed by atoms with van der Waals surface area (Å²) in [5.41, 5.74) is 3.78. The van der Waals surface area contributed by atoms with Crippen LogP contribution in [0, 0.1) is 0 Å². The van der Waals surface area contributed by atoms with Crippen molar-refractivity contribution in [3.05, 3.63) is 66.2 Å². The van der Waals surface area contributed by atoms with Crippen LogP contribution in [-0.2, 0) is 0 Å². The molecule has 1 saturated heterocycles. The molecule has 5 rings (SSSR count). The number of amides is 1. The fourth-order valence-electron chi connectivity index (χ4n) is 4.29. The number of pyridine rings is 1. The Labute approximate surface area is 187 Å². The van der Waals surface area contributed by atoms with Crippen molar-refractivity contribution in [3.8, 4) is 16.9 Å². The molecule has 3 aromatic rings. The van der Waals surface area contributed by atoms with Crippen LogP contribution < -0.4 is 10.1 Å². The van der Waals surface area contributed by atoms with E-state index < -0.39 is 0 Å². The molecule has 0 atom stereocenters. The maximum Gasteiger partial charge on any atom is 0.257 e. The lowest BCUT2D eigenvalue weighted by molar-refractivity contribution is 0.0709. The van der Waals surface area contributed by atoms with Gasteiger partial charge in [0.25, 0.3) is 5.91 Å². The van der Waals surface area contributed by atoms with Crippen molar-refractivity contribution in [2.24, 2.45) is 0 Å². The number of likely N-dealkylation sites (tertiary alicyclic amines) is 1. The number of piperidine rings is 1. The van der Waals surface area contributed by atoms with Gasteiger partial charge in [0.05, 0.1) is 18.4 Å². The SMILES string of the molecule is COc1ccccc1C(=O)N1CCC(c2nc(NC3CC3)ncc2-c2ccncc2)CC1. The largest absolute Gasteiger partial charge is 0.496 e. The van der Waals surface area contributed by atoms with Crippen LogP contribution in [0.25, 0.3) is 11.1 Å². The van der Waals surface area contributed by atoms with Gasteiger partial charge in [-0.15, -0.1) is 0 Å². The van der Waals surface area contributed by atoms with Crippen molar-refractivity contribution >= 4 is 11.9 Å². The number of nitrogens with one attached hydrogen (secondary N) is 1. The van der Waals surface area contributed by atoms with E-state index in [1.807, 2.05) is 47.5 Å². The predicted octanol–water partition coefficient (Wildman–Crippen LogP) is 4.14. The number of nitrogens with zero attached hydrogens (tertiary/aromatic N) is 4. The second kappa shape index (κ2) is 8.94. The molecule has 1 saturated carbocycles. The zero-order chi connectivity index (χ0) is 21.9. The van der Waals surface area contributed by atoms with Gasteiger partial charge < -0.3 is 15.0 Å². The summed E-state index contributed by atoms with van der Waals surface area (Å²) in [4.78, 5) is 28.7. The van der Waals surface area contributed by atoms with Crippen LogP contribution in [0.1, 0.15) is 47.7 Å². The molecule has 1 amide bonds. The zero-order valence-electron chi connectivity index (χ0n) is 18.2. The van der Waals surface area contributed by atoms with Crippen LogP contribution >= 0.6 is 0 Å². The standard InChI is InChI=1S/C25H27N5O2/c1-32-22-5-3-2-4-20(22)24(31)30-14-10-18(11-15-30)23-21(17-8-12-26-13-9-17)16-27-25(29-23)28-19-6-7-19/h2-5,8-9,12-13,16,18-19H,6-7,10-11,14-15H2,1H3,(H,27,28,29). The van der Waals surface area contributed by atoms with Crippen molar-refractivity contribution in [3.63, 3.8) is 0 Å². The normalized spacial score (nSPS) is 16.6. The second-order valence-electron chi connectivity index (χ2n) is 8.41. The van der Waals surface area contributed by atoms with E-state index >= 15 is 0 Å². The third-order valence-electron chi connectivity index (χ3n) is 6.23. The third kappa shape index (κ3) is 4.28. The molecular formula is C25H27N5O2. The Kier molecular flexibility index (Phi) is 5.71. The van der Waals surface area contributed by atoms with Gasteiger partial charge >= 0.3 is 0 Å². The van der Waals surface area contributed by atoms with Gasteiger partial charge in [-0.25, -0.2) is 9.97 Å². The number of ether oxygens (including phenoxy) is 1. The molecule has 0 unspecified atom stereocenters. The van der Waals surface area contributed by atoms with E-state index in [2.05, 4.69) is 15.3 Å². The fourth-order valence-corrected chi connectivity index (χ4v) is 4.29. The molecule has 7 nitrogen and oxygen atoms in total. The third-order valence-corrected chi connectivity index (χ3v) is 6.23. The molecule has 2 aromatic heterocycles. The molecular weight excluding hydrogens is 402 g/mol. The van der Waals surface area contributed by atoms with Crippen LogP contribution in [0.5, 0.6) is 5.75 Å². The van der Waals surface area contributed by atoms with Gasteiger partial charge in [-0.3, -0.25) is 9.78 Å². The number of hydrogen-bond donors (Lipinski definition) is 1. The summed E-state index contributed by atoms with van der Waals surface area (Å²) in [6, 6.07) is 11.9. The number of anilines is 1. The predicted molar refractivity (Wildman–Crippen MR) is 123 cm³/mol. The van der Waals surface area contributed by atoms with Crippen LogP contribution in [0.3, 0.4) is 0 Å². The fraction of sp³-hybridized carbons (Fsp3) is 0.360. The molecule has 1 aliphatic heterocycles. The molecule has 0 radical (unpaired) electrons. The highest BCUT2D eigenvalue weighted by Crippen LogP contribution is 2.35. The van der Waals surface area contributed by atoms with Crippen LogP contribution in [0.4, 0.5) is 5.95 Å². The first-order valence-electron chi connectivity index (χ1n) is 11.2. The van der Waals surface area contributed by atoms with Gasteiger partial charge in [0, 0.05) is 49.2 Å². The van der Waals surface area contributed by atoms with Crippen LogP contribution in [-0.4, -0.2) is 52.0 Å². The Morgan fingerprint density at radius 3 is 2.53 bits per heavy atom. The van der Waals surface area contributed by atoms with E-state index in [0.29, 0.717) is 36.4 Å². The molecule has 7 heteroatoms. The van der Waals surface area contributed by atoms with E-state index in [4.69, 9.17) is 9.72 Å². The van der Waals surface area contributed by atoms with Gasteiger partial charge in [-0.1, -0.05) is 12.1 Å². The molecule has 164 valence electrons. The molecule has 32 heavy (non-hydrogen) atoms. The first-order chi connectivity index (χ1) is 15.7. The van der Waals surface area contributed by atoms with Gasteiger partial charge in [-0.2, -0.15) is 0 Å². The Morgan fingerprint density at radius 2 is 1.81 bits per heavy atom. The van der Waals surface area contributed by atoms with Gasteiger partial charge in [0.1, 0.15) is 5.75 Å². The van der Waals surface area contributed by atoms with Crippen LogP contribution in [0.15, 0.2) is 55.0 Å². The van der Waals surface area contributed by atoms with Crippen molar-refractivity contribution in [1.82, 2.24) is 19.9 Å². The summed E-state index contributed by atoms with van der Waals surface area (Å²) in [5, 5.41) is 3.42. The number of carbonyl (C=O) groups is 1. The van der Waals surface area contributed by atoms with E-state index in [1.165, 1.54) is 12.8 Å². The molecule has 3 heterocycles. The maximum absolute atomic E-state index is 13.1. The number of aromatic nitrogens is 3. The molecule has 0 spiro atoms. The van der Waals surface area contributed by atoms with Gasteiger partial charge in [-0.05, 0) is 55.5 Å².